The van der Waals surface area contributed by atoms with E-state index < -0.39 is 0 Å². The summed E-state index contributed by atoms with van der Waals surface area (Å²) in [5, 5.41) is 1.44. The van der Waals surface area contributed by atoms with Crippen LogP contribution in [0.3, 0.4) is 0 Å². The molecule has 2 heterocycles. The molecule has 3 atom stereocenters. The Balaban J connectivity index is 1.37. The fourth-order valence-corrected chi connectivity index (χ4v) is 4.84. The molecule has 0 saturated heterocycles. The minimum atomic E-state index is 0.874. The van der Waals surface area contributed by atoms with E-state index in [1.807, 2.05) is 0 Å². The molecule has 21 heavy (non-hydrogen) atoms. The summed E-state index contributed by atoms with van der Waals surface area (Å²) in [6.07, 6.45) is 8.99. The average molecular weight is 278 g/mol. The first kappa shape index (κ1) is 12.0. The molecule has 2 aromatic rings. The minimum absolute atomic E-state index is 0.874. The molecule has 1 saturated carbocycles. The maximum absolute atomic E-state index is 3.65. The first-order valence-electron chi connectivity index (χ1n) is 8.36. The van der Waals surface area contributed by atoms with Crippen LogP contribution in [0.4, 0.5) is 0 Å². The number of aromatic nitrogens is 1. The van der Waals surface area contributed by atoms with Crippen LogP contribution in [0.1, 0.15) is 24.1 Å². The van der Waals surface area contributed by atoms with Gasteiger partial charge in [-0.1, -0.05) is 30.4 Å². The zero-order valence-corrected chi connectivity index (χ0v) is 12.4. The molecule has 0 amide bonds. The summed E-state index contributed by atoms with van der Waals surface area (Å²) >= 11 is 0. The number of H-pyrrole nitrogens is 1. The van der Waals surface area contributed by atoms with Gasteiger partial charge >= 0.3 is 0 Å². The number of fused-ring (bicyclic) bond motifs is 5. The van der Waals surface area contributed by atoms with E-state index in [1.54, 1.807) is 5.56 Å². The van der Waals surface area contributed by atoms with Gasteiger partial charge in [-0.3, -0.25) is 4.90 Å². The number of nitrogens with one attached hydrogen (secondary N) is 1. The van der Waals surface area contributed by atoms with Crippen molar-refractivity contribution in [2.75, 3.05) is 13.1 Å². The first-order valence-corrected chi connectivity index (χ1v) is 8.36. The van der Waals surface area contributed by atoms with E-state index in [9.17, 15) is 0 Å². The van der Waals surface area contributed by atoms with Crippen LogP contribution in [0.25, 0.3) is 10.9 Å². The summed E-state index contributed by atoms with van der Waals surface area (Å²) in [4.78, 5) is 6.33. The number of para-hydroxylation sites is 1. The zero-order chi connectivity index (χ0) is 13.8. The van der Waals surface area contributed by atoms with Crippen molar-refractivity contribution >= 4 is 10.9 Å². The lowest BCUT2D eigenvalue weighted by Crippen LogP contribution is -2.35. The first-order chi connectivity index (χ1) is 10.4. The molecular weight excluding hydrogens is 256 g/mol. The molecule has 2 bridgehead atoms. The summed E-state index contributed by atoms with van der Waals surface area (Å²) < 4.78 is 0. The molecule has 1 fully saturated rings. The second-order valence-corrected chi connectivity index (χ2v) is 7.15. The van der Waals surface area contributed by atoms with Crippen molar-refractivity contribution in [2.45, 2.75) is 25.8 Å². The van der Waals surface area contributed by atoms with Gasteiger partial charge in [-0.2, -0.15) is 0 Å². The molecule has 0 radical (unpaired) electrons. The molecule has 1 aromatic heterocycles. The van der Waals surface area contributed by atoms with E-state index in [2.05, 4.69) is 46.3 Å². The Hall–Kier alpha value is -1.54. The van der Waals surface area contributed by atoms with Gasteiger partial charge in [0.05, 0.1) is 0 Å². The van der Waals surface area contributed by atoms with Gasteiger partial charge in [0.15, 0.2) is 0 Å². The predicted octanol–water partition coefficient (Wildman–Crippen LogP) is 3.74. The molecule has 0 spiro atoms. The monoisotopic (exact) mass is 278 g/mol. The third-order valence-electron chi connectivity index (χ3n) is 5.87. The SMILES string of the molecule is C1=C[C@H]2C[C@H]1C[C@H]2CN1CCc2c([nH]c3ccccc23)C1. The maximum atomic E-state index is 3.65. The van der Waals surface area contributed by atoms with Gasteiger partial charge in [0.1, 0.15) is 0 Å². The van der Waals surface area contributed by atoms with Gasteiger partial charge in [0.25, 0.3) is 0 Å². The second-order valence-electron chi connectivity index (χ2n) is 7.15. The average Bonchev–Trinajstić information content (AvgIpc) is 3.19. The normalized spacial score (nSPS) is 31.1. The van der Waals surface area contributed by atoms with Crippen molar-refractivity contribution in [3.8, 4) is 0 Å². The van der Waals surface area contributed by atoms with Crippen LogP contribution >= 0.6 is 0 Å². The Morgan fingerprint density at radius 3 is 2.95 bits per heavy atom. The van der Waals surface area contributed by atoms with Gasteiger partial charge in [-0.05, 0) is 48.6 Å². The van der Waals surface area contributed by atoms with E-state index in [4.69, 9.17) is 0 Å². The molecule has 0 unspecified atom stereocenters. The highest BCUT2D eigenvalue weighted by molar-refractivity contribution is 5.84. The number of rotatable bonds is 2. The van der Waals surface area contributed by atoms with E-state index >= 15 is 0 Å². The number of hydrogen-bond donors (Lipinski definition) is 1. The fourth-order valence-electron chi connectivity index (χ4n) is 4.84. The van der Waals surface area contributed by atoms with Crippen molar-refractivity contribution in [3.63, 3.8) is 0 Å². The Morgan fingerprint density at radius 2 is 2.10 bits per heavy atom. The summed E-state index contributed by atoms with van der Waals surface area (Å²) in [7, 11) is 0. The lowest BCUT2D eigenvalue weighted by atomic mass is 9.92. The van der Waals surface area contributed by atoms with E-state index in [0.717, 1.165) is 24.3 Å². The Morgan fingerprint density at radius 1 is 1.14 bits per heavy atom. The molecule has 2 heteroatoms. The van der Waals surface area contributed by atoms with Gasteiger partial charge in [0.2, 0.25) is 0 Å². The van der Waals surface area contributed by atoms with Crippen LogP contribution in [-0.2, 0) is 13.0 Å². The predicted molar refractivity (Wildman–Crippen MR) is 86.1 cm³/mol. The van der Waals surface area contributed by atoms with E-state index in [1.165, 1.54) is 48.9 Å². The largest absolute Gasteiger partial charge is 0.357 e. The quantitative estimate of drug-likeness (QED) is 0.829. The molecule has 108 valence electrons. The second kappa shape index (κ2) is 4.48. The summed E-state index contributed by atoms with van der Waals surface area (Å²) in [5.41, 5.74) is 4.34. The number of hydrogen-bond acceptors (Lipinski definition) is 1. The van der Waals surface area contributed by atoms with Crippen LogP contribution < -0.4 is 0 Å². The van der Waals surface area contributed by atoms with E-state index in [-0.39, 0.29) is 0 Å². The highest BCUT2D eigenvalue weighted by Crippen LogP contribution is 2.44. The molecule has 2 aliphatic carbocycles. The minimum Gasteiger partial charge on any atom is -0.357 e. The molecule has 2 nitrogen and oxygen atoms in total. The lowest BCUT2D eigenvalue weighted by Gasteiger charge is -2.31. The van der Waals surface area contributed by atoms with Crippen LogP contribution in [0.2, 0.25) is 0 Å². The highest BCUT2D eigenvalue weighted by Gasteiger charge is 2.36. The third kappa shape index (κ3) is 1.89. The van der Waals surface area contributed by atoms with Crippen molar-refractivity contribution < 1.29 is 0 Å². The van der Waals surface area contributed by atoms with Gasteiger partial charge in [-0.25, -0.2) is 0 Å². The number of nitrogens with zero attached hydrogens (tertiary/aromatic N) is 1. The van der Waals surface area contributed by atoms with Crippen molar-refractivity contribution in [3.05, 3.63) is 47.7 Å². The third-order valence-corrected chi connectivity index (χ3v) is 5.87. The number of benzene rings is 1. The van der Waals surface area contributed by atoms with Crippen molar-refractivity contribution in [1.29, 1.82) is 0 Å². The standard InChI is InChI=1S/C19H22N2/c1-2-4-18-16(3-1)17-7-8-21(12-19(17)20-18)11-15-10-13-5-6-14(15)9-13/h1-6,13-15,20H,7-12H2/t13-,14-,15-/m0/s1. The van der Waals surface area contributed by atoms with Crippen LogP contribution in [-0.4, -0.2) is 23.0 Å². The fraction of sp³-hybridized carbons (Fsp3) is 0.474. The summed E-state index contributed by atoms with van der Waals surface area (Å²) in [6.45, 7) is 3.63. The Labute approximate surface area is 125 Å². The Kier molecular flexibility index (Phi) is 2.57. The zero-order valence-electron chi connectivity index (χ0n) is 12.4. The van der Waals surface area contributed by atoms with Gasteiger partial charge in [0, 0.05) is 36.2 Å². The molecule has 3 aliphatic rings. The van der Waals surface area contributed by atoms with Crippen LogP contribution in [0, 0.1) is 17.8 Å². The molecule has 5 rings (SSSR count). The van der Waals surface area contributed by atoms with Crippen molar-refractivity contribution in [1.82, 2.24) is 9.88 Å². The topological polar surface area (TPSA) is 19.0 Å². The van der Waals surface area contributed by atoms with Crippen molar-refractivity contribution in [2.24, 2.45) is 17.8 Å². The molecule has 1 aliphatic heterocycles. The Bertz CT molecular complexity index is 711. The van der Waals surface area contributed by atoms with Gasteiger partial charge in [-0.15, -0.1) is 0 Å². The summed E-state index contributed by atoms with van der Waals surface area (Å²) in [5.74, 6) is 2.68. The molecule has 1 aromatic carbocycles. The molecule has 1 N–H and O–H groups in total. The lowest BCUT2D eigenvalue weighted by molar-refractivity contribution is 0.197. The van der Waals surface area contributed by atoms with Crippen LogP contribution in [0.15, 0.2) is 36.4 Å². The van der Waals surface area contributed by atoms with Gasteiger partial charge < -0.3 is 4.98 Å². The maximum Gasteiger partial charge on any atom is 0.0459 e. The number of aromatic amines is 1. The smallest absolute Gasteiger partial charge is 0.0459 e. The highest BCUT2D eigenvalue weighted by atomic mass is 15.1. The number of allylic oxidation sites excluding steroid dienone is 2. The van der Waals surface area contributed by atoms with Crippen LogP contribution in [0.5, 0.6) is 0 Å². The molecular formula is C19H22N2. The van der Waals surface area contributed by atoms with E-state index in [0.29, 0.717) is 0 Å². The summed E-state index contributed by atoms with van der Waals surface area (Å²) in [6, 6.07) is 8.76.